The number of rotatable bonds is 3. The highest BCUT2D eigenvalue weighted by molar-refractivity contribution is 9.10. The Morgan fingerprint density at radius 2 is 2.00 bits per heavy atom. The van der Waals surface area contributed by atoms with Crippen molar-refractivity contribution in [2.24, 2.45) is 0 Å². The molecule has 0 amide bonds. The predicted molar refractivity (Wildman–Crippen MR) is 71.9 cm³/mol. The van der Waals surface area contributed by atoms with Crippen molar-refractivity contribution >= 4 is 27.3 Å². The lowest BCUT2D eigenvalue weighted by Gasteiger charge is -2.34. The molecule has 1 aromatic rings. The Morgan fingerprint density at radius 1 is 1.25 bits per heavy atom. The summed E-state index contributed by atoms with van der Waals surface area (Å²) in [6.45, 7) is 6.17. The molecule has 0 radical (unpaired) electrons. The first-order valence-electron chi connectivity index (χ1n) is 6.00. The maximum Gasteiger partial charge on any atom is 0.0329 e. The molecule has 0 spiro atoms. The molecular formula is C12H17BrN2S. The van der Waals surface area contributed by atoms with E-state index in [0.717, 1.165) is 12.6 Å². The van der Waals surface area contributed by atoms with Gasteiger partial charge in [0.05, 0.1) is 0 Å². The summed E-state index contributed by atoms with van der Waals surface area (Å²) in [5.41, 5.74) is 0. The summed E-state index contributed by atoms with van der Waals surface area (Å²) in [5, 5.41) is 2.18. The molecule has 88 valence electrons. The molecule has 3 rings (SSSR count). The normalized spacial score (nSPS) is 23.8. The molecule has 1 aliphatic carbocycles. The third-order valence-electron chi connectivity index (χ3n) is 3.47. The average Bonchev–Trinajstić information content (AvgIpc) is 3.05. The molecule has 4 heteroatoms. The summed E-state index contributed by atoms with van der Waals surface area (Å²) in [5.74, 6) is 0. The largest absolute Gasteiger partial charge is 0.298 e. The Hall–Kier alpha value is 0.1000. The van der Waals surface area contributed by atoms with E-state index >= 15 is 0 Å². The summed E-state index contributed by atoms with van der Waals surface area (Å²) < 4.78 is 1.23. The standard InChI is InChI=1S/C12H17BrN2S/c13-10-7-12(16-9-10)8-14-3-5-15(6-4-14)11-1-2-11/h7,9,11H,1-6,8H2. The second kappa shape index (κ2) is 4.77. The third kappa shape index (κ3) is 2.67. The van der Waals surface area contributed by atoms with Crippen molar-refractivity contribution in [1.82, 2.24) is 9.80 Å². The van der Waals surface area contributed by atoms with E-state index in [1.165, 1.54) is 48.4 Å². The number of nitrogens with zero attached hydrogens (tertiary/aromatic N) is 2. The van der Waals surface area contributed by atoms with Crippen LogP contribution < -0.4 is 0 Å². The quantitative estimate of drug-likeness (QED) is 0.847. The van der Waals surface area contributed by atoms with E-state index in [2.05, 4.69) is 37.2 Å². The van der Waals surface area contributed by atoms with Crippen molar-refractivity contribution in [3.63, 3.8) is 0 Å². The predicted octanol–water partition coefficient (Wildman–Crippen LogP) is 2.79. The lowest BCUT2D eigenvalue weighted by Crippen LogP contribution is -2.46. The first-order valence-corrected chi connectivity index (χ1v) is 7.68. The van der Waals surface area contributed by atoms with Crippen LogP contribution in [0.3, 0.4) is 0 Å². The molecule has 1 aliphatic heterocycles. The topological polar surface area (TPSA) is 6.48 Å². The molecule has 2 heterocycles. The van der Waals surface area contributed by atoms with Crippen LogP contribution in [0.25, 0.3) is 0 Å². The Labute approximate surface area is 109 Å². The Morgan fingerprint density at radius 3 is 2.56 bits per heavy atom. The van der Waals surface area contributed by atoms with Crippen molar-refractivity contribution in [3.8, 4) is 0 Å². The van der Waals surface area contributed by atoms with E-state index in [-0.39, 0.29) is 0 Å². The smallest absolute Gasteiger partial charge is 0.0329 e. The lowest BCUT2D eigenvalue weighted by atomic mass is 10.3. The molecule has 0 atom stereocenters. The molecule has 16 heavy (non-hydrogen) atoms. The van der Waals surface area contributed by atoms with E-state index in [1.807, 2.05) is 11.3 Å². The van der Waals surface area contributed by atoms with Crippen LogP contribution in [0.5, 0.6) is 0 Å². The molecule has 1 saturated heterocycles. The molecule has 1 saturated carbocycles. The van der Waals surface area contributed by atoms with E-state index in [1.54, 1.807) is 0 Å². The number of hydrogen-bond acceptors (Lipinski definition) is 3. The molecule has 0 unspecified atom stereocenters. The number of thiophene rings is 1. The van der Waals surface area contributed by atoms with Gasteiger partial charge in [0.1, 0.15) is 0 Å². The summed E-state index contributed by atoms with van der Waals surface area (Å²) in [4.78, 5) is 6.73. The van der Waals surface area contributed by atoms with Gasteiger partial charge in [-0.3, -0.25) is 9.80 Å². The van der Waals surface area contributed by atoms with Crippen LogP contribution in [0.1, 0.15) is 17.7 Å². The first-order chi connectivity index (χ1) is 7.81. The summed E-state index contributed by atoms with van der Waals surface area (Å²) in [7, 11) is 0. The summed E-state index contributed by atoms with van der Waals surface area (Å²) >= 11 is 5.38. The highest BCUT2D eigenvalue weighted by atomic mass is 79.9. The molecule has 2 fully saturated rings. The van der Waals surface area contributed by atoms with Gasteiger partial charge in [-0.2, -0.15) is 0 Å². The van der Waals surface area contributed by atoms with Crippen LogP contribution in [0, 0.1) is 0 Å². The number of piperazine rings is 1. The van der Waals surface area contributed by atoms with Gasteiger partial charge in [-0.05, 0) is 34.8 Å². The van der Waals surface area contributed by atoms with Gasteiger partial charge in [-0.25, -0.2) is 0 Å². The van der Waals surface area contributed by atoms with E-state index in [0.29, 0.717) is 0 Å². The Balaban J connectivity index is 1.50. The Bertz CT molecular complexity index is 354. The van der Waals surface area contributed by atoms with Crippen molar-refractivity contribution in [3.05, 3.63) is 20.8 Å². The van der Waals surface area contributed by atoms with E-state index < -0.39 is 0 Å². The molecular weight excluding hydrogens is 284 g/mol. The number of hydrogen-bond donors (Lipinski definition) is 0. The van der Waals surface area contributed by atoms with Crippen LogP contribution in [0.2, 0.25) is 0 Å². The lowest BCUT2D eigenvalue weighted by molar-refractivity contribution is 0.122. The first kappa shape index (κ1) is 11.2. The zero-order chi connectivity index (χ0) is 11.0. The van der Waals surface area contributed by atoms with Crippen molar-refractivity contribution in [1.29, 1.82) is 0 Å². The van der Waals surface area contributed by atoms with Crippen molar-refractivity contribution in [2.45, 2.75) is 25.4 Å². The van der Waals surface area contributed by atoms with E-state index in [4.69, 9.17) is 0 Å². The maximum absolute atomic E-state index is 3.52. The van der Waals surface area contributed by atoms with Gasteiger partial charge in [0.2, 0.25) is 0 Å². The van der Waals surface area contributed by atoms with Gasteiger partial charge in [0, 0.05) is 53.5 Å². The van der Waals surface area contributed by atoms with Crippen LogP contribution >= 0.6 is 27.3 Å². The van der Waals surface area contributed by atoms with E-state index in [9.17, 15) is 0 Å². The summed E-state index contributed by atoms with van der Waals surface area (Å²) in [6, 6.07) is 3.19. The summed E-state index contributed by atoms with van der Waals surface area (Å²) in [6.07, 6.45) is 2.88. The second-order valence-electron chi connectivity index (χ2n) is 4.77. The molecule has 0 aromatic carbocycles. The zero-order valence-corrected chi connectivity index (χ0v) is 11.8. The zero-order valence-electron chi connectivity index (χ0n) is 9.36. The van der Waals surface area contributed by atoms with Crippen LogP contribution in [0.15, 0.2) is 15.9 Å². The third-order valence-corrected chi connectivity index (χ3v) is 5.15. The Kier molecular flexibility index (Phi) is 3.34. The van der Waals surface area contributed by atoms with Gasteiger partial charge in [-0.15, -0.1) is 11.3 Å². The molecule has 2 aliphatic rings. The average molecular weight is 301 g/mol. The van der Waals surface area contributed by atoms with Crippen molar-refractivity contribution in [2.75, 3.05) is 26.2 Å². The van der Waals surface area contributed by atoms with Crippen LogP contribution in [0.4, 0.5) is 0 Å². The van der Waals surface area contributed by atoms with Gasteiger partial charge in [-0.1, -0.05) is 0 Å². The maximum atomic E-state index is 3.52. The SMILES string of the molecule is Brc1csc(CN2CCN(C3CC3)CC2)c1. The minimum atomic E-state index is 0.943. The molecule has 2 nitrogen and oxygen atoms in total. The highest BCUT2D eigenvalue weighted by Gasteiger charge is 2.31. The monoisotopic (exact) mass is 300 g/mol. The van der Waals surface area contributed by atoms with Gasteiger partial charge >= 0.3 is 0 Å². The fraction of sp³-hybridized carbons (Fsp3) is 0.667. The fourth-order valence-corrected chi connectivity index (χ4v) is 3.88. The fourth-order valence-electron chi connectivity index (χ4n) is 2.38. The van der Waals surface area contributed by atoms with Crippen LogP contribution in [-0.2, 0) is 6.54 Å². The minimum Gasteiger partial charge on any atom is -0.298 e. The molecule has 0 N–H and O–H groups in total. The number of halogens is 1. The molecule has 0 bridgehead atoms. The van der Waals surface area contributed by atoms with Gasteiger partial charge < -0.3 is 0 Å². The second-order valence-corrected chi connectivity index (χ2v) is 6.69. The van der Waals surface area contributed by atoms with Gasteiger partial charge in [0.15, 0.2) is 0 Å². The van der Waals surface area contributed by atoms with Gasteiger partial charge in [0.25, 0.3) is 0 Å². The van der Waals surface area contributed by atoms with Crippen molar-refractivity contribution < 1.29 is 0 Å². The highest BCUT2D eigenvalue weighted by Crippen LogP contribution is 2.28. The van der Waals surface area contributed by atoms with Crippen LogP contribution in [-0.4, -0.2) is 42.0 Å². The minimum absolute atomic E-state index is 0.943. The molecule has 1 aromatic heterocycles.